The van der Waals surface area contributed by atoms with Gasteiger partial charge in [-0.1, -0.05) is 61.7 Å². The summed E-state index contributed by atoms with van der Waals surface area (Å²) >= 11 is 1.22. The molecule has 166 valence electrons. The number of allylic oxidation sites excluding steroid dienone is 1. The second-order valence-electron chi connectivity index (χ2n) is 7.02. The summed E-state index contributed by atoms with van der Waals surface area (Å²) in [7, 11) is 1.62. The lowest BCUT2D eigenvalue weighted by molar-refractivity contribution is -0.122. The normalized spacial score (nSPS) is 16.8. The molecule has 0 spiro atoms. The molecule has 1 fully saturated rings. The molecule has 1 aliphatic rings. The van der Waals surface area contributed by atoms with E-state index in [0.29, 0.717) is 10.9 Å². The lowest BCUT2D eigenvalue weighted by Gasteiger charge is -2.10. The fourth-order valence-electron chi connectivity index (χ4n) is 2.98. The van der Waals surface area contributed by atoms with Crippen molar-refractivity contribution in [3.05, 3.63) is 78.0 Å². The van der Waals surface area contributed by atoms with Gasteiger partial charge >= 0.3 is 0 Å². The van der Waals surface area contributed by atoms with Crippen molar-refractivity contribution in [1.82, 2.24) is 10.7 Å². The predicted molar refractivity (Wildman–Crippen MR) is 130 cm³/mol. The Hall–Kier alpha value is -3.52. The Morgan fingerprint density at radius 1 is 1.25 bits per heavy atom. The Morgan fingerprint density at radius 3 is 2.72 bits per heavy atom. The van der Waals surface area contributed by atoms with Gasteiger partial charge in [-0.2, -0.15) is 0 Å². The standard InChI is InChI=1S/C24H26N4O3S/c1-4-18-7-5-6-8-20(18)25-22(29)15-21-23(30)26-24(32-21)28-27-16(2)9-10-17-11-13-19(31-3)14-12-17/h5-14,21,27H,2,4,15H2,1,3H3,(H,25,29)(H,26,28,30)/b10-9+/t21-/m1/s1. The largest absolute Gasteiger partial charge is 0.497 e. The van der Waals surface area contributed by atoms with Crippen LogP contribution in [0.25, 0.3) is 6.08 Å². The number of para-hydroxylation sites is 1. The van der Waals surface area contributed by atoms with Crippen LogP contribution >= 0.6 is 11.8 Å². The van der Waals surface area contributed by atoms with Gasteiger partial charge in [-0.15, -0.1) is 5.10 Å². The Balaban J connectivity index is 1.50. The quantitative estimate of drug-likeness (QED) is 0.398. The van der Waals surface area contributed by atoms with Crippen LogP contribution in [0.15, 0.2) is 72.0 Å². The number of methoxy groups -OCH3 is 1. The molecule has 1 heterocycles. The number of hydrogen-bond acceptors (Lipinski definition) is 6. The average Bonchev–Trinajstić information content (AvgIpc) is 3.15. The van der Waals surface area contributed by atoms with Gasteiger partial charge < -0.3 is 15.4 Å². The average molecular weight is 451 g/mol. The fourth-order valence-corrected chi connectivity index (χ4v) is 3.91. The minimum atomic E-state index is -0.535. The van der Waals surface area contributed by atoms with Crippen molar-refractivity contribution in [2.45, 2.75) is 25.0 Å². The highest BCUT2D eigenvalue weighted by Gasteiger charge is 2.32. The molecule has 1 saturated heterocycles. The third-order valence-electron chi connectivity index (χ3n) is 4.71. The number of hydrogen-bond donors (Lipinski definition) is 3. The first-order chi connectivity index (χ1) is 15.5. The van der Waals surface area contributed by atoms with Gasteiger partial charge in [-0.25, -0.2) is 0 Å². The van der Waals surface area contributed by atoms with Crippen LogP contribution in [0.3, 0.4) is 0 Å². The van der Waals surface area contributed by atoms with Crippen LogP contribution in [0.4, 0.5) is 5.69 Å². The molecular weight excluding hydrogens is 424 g/mol. The number of aryl methyl sites for hydroxylation is 1. The van der Waals surface area contributed by atoms with E-state index in [0.717, 1.165) is 29.0 Å². The Morgan fingerprint density at radius 2 is 2.00 bits per heavy atom. The summed E-state index contributed by atoms with van der Waals surface area (Å²) in [5.41, 5.74) is 6.18. The summed E-state index contributed by atoms with van der Waals surface area (Å²) < 4.78 is 5.14. The summed E-state index contributed by atoms with van der Waals surface area (Å²) in [4.78, 5) is 24.7. The molecule has 7 nitrogen and oxygen atoms in total. The molecule has 1 aliphatic heterocycles. The molecule has 0 unspecified atom stereocenters. The second-order valence-corrected chi connectivity index (χ2v) is 8.21. The van der Waals surface area contributed by atoms with E-state index >= 15 is 0 Å². The van der Waals surface area contributed by atoms with E-state index in [9.17, 15) is 9.59 Å². The third-order valence-corrected chi connectivity index (χ3v) is 5.80. The smallest absolute Gasteiger partial charge is 0.240 e. The van der Waals surface area contributed by atoms with Gasteiger partial charge in [0.1, 0.15) is 11.0 Å². The lowest BCUT2D eigenvalue weighted by Crippen LogP contribution is -2.28. The molecule has 8 heteroatoms. The van der Waals surface area contributed by atoms with E-state index in [-0.39, 0.29) is 18.2 Å². The molecule has 0 radical (unpaired) electrons. The topological polar surface area (TPSA) is 91.8 Å². The van der Waals surface area contributed by atoms with Gasteiger partial charge in [0.25, 0.3) is 0 Å². The van der Waals surface area contributed by atoms with Crippen molar-refractivity contribution in [3.63, 3.8) is 0 Å². The highest BCUT2D eigenvalue weighted by atomic mass is 32.2. The Bertz CT molecular complexity index is 1050. The zero-order valence-corrected chi connectivity index (χ0v) is 18.9. The minimum Gasteiger partial charge on any atom is -0.497 e. The van der Waals surface area contributed by atoms with Crippen molar-refractivity contribution >= 4 is 40.5 Å². The number of nitrogens with zero attached hydrogens (tertiary/aromatic N) is 1. The molecule has 0 bridgehead atoms. The lowest BCUT2D eigenvalue weighted by atomic mass is 10.1. The molecule has 0 saturated carbocycles. The summed E-state index contributed by atoms with van der Waals surface area (Å²) in [6.07, 6.45) is 4.54. The van der Waals surface area contributed by atoms with E-state index in [2.05, 4.69) is 27.7 Å². The van der Waals surface area contributed by atoms with E-state index in [1.807, 2.05) is 61.5 Å². The molecular formula is C24H26N4O3S. The number of hydrazone groups is 1. The Labute approximate surface area is 192 Å². The van der Waals surface area contributed by atoms with Gasteiger partial charge in [0.05, 0.1) is 7.11 Å². The van der Waals surface area contributed by atoms with Crippen LogP contribution in [0, 0.1) is 0 Å². The summed E-state index contributed by atoms with van der Waals surface area (Å²) in [5, 5.41) is 9.63. The molecule has 2 amide bonds. The zero-order valence-electron chi connectivity index (χ0n) is 18.1. The number of amidine groups is 1. The molecule has 2 aromatic rings. The number of nitrogens with one attached hydrogen (secondary N) is 3. The number of rotatable bonds is 9. The number of benzene rings is 2. The maximum atomic E-state index is 12.4. The van der Waals surface area contributed by atoms with Crippen LogP contribution < -0.4 is 20.8 Å². The van der Waals surface area contributed by atoms with Crippen LogP contribution in [-0.2, 0) is 16.0 Å². The first-order valence-electron chi connectivity index (χ1n) is 10.2. The first-order valence-corrected chi connectivity index (χ1v) is 11.1. The number of thioether (sulfide) groups is 1. The van der Waals surface area contributed by atoms with Crippen LogP contribution in [0.2, 0.25) is 0 Å². The molecule has 3 rings (SSSR count). The van der Waals surface area contributed by atoms with E-state index in [1.54, 1.807) is 13.2 Å². The van der Waals surface area contributed by atoms with Crippen molar-refractivity contribution < 1.29 is 14.3 Å². The molecule has 0 aromatic heterocycles. The van der Waals surface area contributed by atoms with Crippen LogP contribution in [0.1, 0.15) is 24.5 Å². The van der Waals surface area contributed by atoms with Gasteiger partial charge in [0.15, 0.2) is 5.17 Å². The van der Waals surface area contributed by atoms with Crippen molar-refractivity contribution in [3.8, 4) is 5.75 Å². The highest BCUT2D eigenvalue weighted by Crippen LogP contribution is 2.23. The van der Waals surface area contributed by atoms with Gasteiger partial charge in [-0.3, -0.25) is 15.0 Å². The summed E-state index contributed by atoms with van der Waals surface area (Å²) in [6, 6.07) is 15.2. The first kappa shape index (κ1) is 23.1. The number of anilines is 1. The molecule has 32 heavy (non-hydrogen) atoms. The highest BCUT2D eigenvalue weighted by molar-refractivity contribution is 8.15. The monoisotopic (exact) mass is 450 g/mol. The van der Waals surface area contributed by atoms with Gasteiger partial charge in [0.2, 0.25) is 11.8 Å². The zero-order chi connectivity index (χ0) is 22.9. The summed E-state index contributed by atoms with van der Waals surface area (Å²) in [6.45, 7) is 5.93. The van der Waals surface area contributed by atoms with Gasteiger partial charge in [-0.05, 0) is 41.8 Å². The molecule has 1 atom stereocenters. The molecule has 0 aliphatic carbocycles. The fraction of sp³-hybridized carbons (Fsp3) is 0.208. The second kappa shape index (κ2) is 11.2. The number of carbonyl (C=O) groups excluding carboxylic acids is 2. The van der Waals surface area contributed by atoms with E-state index in [1.165, 1.54) is 11.8 Å². The third kappa shape index (κ3) is 6.49. The SMILES string of the molecule is C=C(/C=C/c1ccc(OC)cc1)N/N=C1\NC(=O)[C@@H](CC(=O)Nc2ccccc2CC)S1. The van der Waals surface area contributed by atoms with E-state index in [4.69, 9.17) is 4.74 Å². The Kier molecular flexibility index (Phi) is 8.10. The maximum Gasteiger partial charge on any atom is 0.240 e. The predicted octanol–water partition coefficient (Wildman–Crippen LogP) is 3.91. The summed E-state index contributed by atoms with van der Waals surface area (Å²) in [5.74, 6) is 0.339. The van der Waals surface area contributed by atoms with Crippen molar-refractivity contribution in [1.29, 1.82) is 0 Å². The number of amides is 2. The maximum absolute atomic E-state index is 12.4. The van der Waals surface area contributed by atoms with Crippen molar-refractivity contribution in [2.75, 3.05) is 12.4 Å². The number of carbonyl (C=O) groups is 2. The van der Waals surface area contributed by atoms with Crippen molar-refractivity contribution in [2.24, 2.45) is 5.10 Å². The minimum absolute atomic E-state index is 0.0614. The van der Waals surface area contributed by atoms with Crippen LogP contribution in [0.5, 0.6) is 5.75 Å². The number of ether oxygens (including phenoxy) is 1. The molecule has 3 N–H and O–H groups in total. The van der Waals surface area contributed by atoms with E-state index < -0.39 is 5.25 Å². The van der Waals surface area contributed by atoms with Crippen LogP contribution in [-0.4, -0.2) is 29.3 Å². The van der Waals surface area contributed by atoms with Gasteiger partial charge in [0, 0.05) is 17.8 Å². The molecule has 2 aromatic carbocycles.